The molecule has 0 amide bonds. The summed E-state index contributed by atoms with van der Waals surface area (Å²) in [4.78, 5) is 19.3. The molecule has 1 aliphatic heterocycles. The first kappa shape index (κ1) is 28.3. The SMILES string of the molecule is c1ccc(-c2nc(-c3cccc(-c4ccc5c(c4)C4(c6ccccc6O5)c5ccccc5-c5ccccc54)c3)nc(-c3ccccn3)n2)cc1. The Morgan fingerprint density at radius 2 is 0.960 bits per heavy atom. The lowest BCUT2D eigenvalue weighted by Crippen LogP contribution is -2.32. The van der Waals surface area contributed by atoms with Crippen molar-refractivity contribution in [2.24, 2.45) is 0 Å². The molecule has 2 aromatic heterocycles. The molecule has 0 N–H and O–H groups in total. The second-order valence-corrected chi connectivity index (χ2v) is 12.6. The van der Waals surface area contributed by atoms with Gasteiger partial charge < -0.3 is 4.74 Å². The third-order valence-corrected chi connectivity index (χ3v) is 9.86. The van der Waals surface area contributed by atoms with Gasteiger partial charge in [0.2, 0.25) is 0 Å². The molecule has 0 bridgehead atoms. The summed E-state index contributed by atoms with van der Waals surface area (Å²) in [5.41, 5.74) is 11.4. The summed E-state index contributed by atoms with van der Waals surface area (Å²) in [5, 5.41) is 0. The average Bonchev–Trinajstić information content (AvgIpc) is 3.49. The average molecular weight is 641 g/mol. The van der Waals surface area contributed by atoms with E-state index in [0.29, 0.717) is 23.2 Å². The molecule has 0 saturated carbocycles. The topological polar surface area (TPSA) is 60.8 Å². The Morgan fingerprint density at radius 1 is 0.380 bits per heavy atom. The number of hydrogen-bond acceptors (Lipinski definition) is 5. The maximum Gasteiger partial charge on any atom is 0.182 e. The van der Waals surface area contributed by atoms with Gasteiger partial charge in [0.05, 0.1) is 5.41 Å². The van der Waals surface area contributed by atoms with E-state index in [4.69, 9.17) is 19.7 Å². The second-order valence-electron chi connectivity index (χ2n) is 12.6. The van der Waals surface area contributed by atoms with Crippen molar-refractivity contribution in [3.63, 3.8) is 0 Å². The molecule has 10 rings (SSSR count). The van der Waals surface area contributed by atoms with E-state index in [1.54, 1.807) is 6.20 Å². The van der Waals surface area contributed by atoms with Crippen LogP contribution < -0.4 is 4.74 Å². The molecule has 0 radical (unpaired) electrons. The zero-order valence-electron chi connectivity index (χ0n) is 26.9. The van der Waals surface area contributed by atoms with Crippen molar-refractivity contribution in [3.8, 4) is 68.0 Å². The van der Waals surface area contributed by atoms with Gasteiger partial charge in [0, 0.05) is 28.5 Å². The van der Waals surface area contributed by atoms with Gasteiger partial charge in [-0.3, -0.25) is 4.98 Å². The van der Waals surface area contributed by atoms with Gasteiger partial charge in [0.1, 0.15) is 17.2 Å². The summed E-state index contributed by atoms with van der Waals surface area (Å²) in [6.07, 6.45) is 1.76. The zero-order chi connectivity index (χ0) is 33.1. The van der Waals surface area contributed by atoms with Gasteiger partial charge in [-0.2, -0.15) is 0 Å². The Kier molecular flexibility index (Phi) is 6.33. The van der Waals surface area contributed by atoms with Crippen LogP contribution in [-0.4, -0.2) is 19.9 Å². The molecule has 234 valence electrons. The monoisotopic (exact) mass is 640 g/mol. The number of pyridine rings is 1. The van der Waals surface area contributed by atoms with E-state index in [0.717, 1.165) is 44.9 Å². The van der Waals surface area contributed by atoms with Crippen LogP contribution in [0, 0.1) is 0 Å². The van der Waals surface area contributed by atoms with Crippen LogP contribution >= 0.6 is 0 Å². The Labute approximate surface area is 289 Å². The molecule has 0 saturated heterocycles. The molecule has 1 aliphatic carbocycles. The fourth-order valence-corrected chi connectivity index (χ4v) is 7.70. The van der Waals surface area contributed by atoms with Crippen molar-refractivity contribution in [3.05, 3.63) is 192 Å². The largest absolute Gasteiger partial charge is 0.457 e. The summed E-state index contributed by atoms with van der Waals surface area (Å²) in [7, 11) is 0. The number of para-hydroxylation sites is 1. The van der Waals surface area contributed by atoms with Gasteiger partial charge in [-0.05, 0) is 69.8 Å². The minimum absolute atomic E-state index is 0.526. The van der Waals surface area contributed by atoms with Crippen LogP contribution in [0.15, 0.2) is 170 Å². The number of rotatable bonds is 4. The summed E-state index contributed by atoms with van der Waals surface area (Å²) < 4.78 is 6.66. The number of aromatic nitrogens is 4. The van der Waals surface area contributed by atoms with Crippen LogP contribution in [-0.2, 0) is 5.41 Å². The van der Waals surface area contributed by atoms with E-state index in [-0.39, 0.29) is 0 Å². The lowest BCUT2D eigenvalue weighted by molar-refractivity contribution is 0.436. The van der Waals surface area contributed by atoms with Gasteiger partial charge >= 0.3 is 0 Å². The number of ether oxygens (including phenoxy) is 1. The van der Waals surface area contributed by atoms with Crippen LogP contribution in [0.5, 0.6) is 11.5 Å². The highest BCUT2D eigenvalue weighted by molar-refractivity contribution is 5.89. The Morgan fingerprint density at radius 3 is 1.72 bits per heavy atom. The number of fused-ring (bicyclic) bond motifs is 9. The van der Waals surface area contributed by atoms with Crippen LogP contribution in [0.2, 0.25) is 0 Å². The third kappa shape index (κ3) is 4.27. The van der Waals surface area contributed by atoms with Crippen LogP contribution in [0.1, 0.15) is 22.3 Å². The van der Waals surface area contributed by atoms with E-state index in [1.165, 1.54) is 22.3 Å². The summed E-state index contributed by atoms with van der Waals surface area (Å²) in [6, 6.07) is 56.8. The first-order valence-electron chi connectivity index (χ1n) is 16.7. The quantitative estimate of drug-likeness (QED) is 0.192. The highest BCUT2D eigenvalue weighted by Crippen LogP contribution is 2.62. The molecule has 50 heavy (non-hydrogen) atoms. The van der Waals surface area contributed by atoms with Crippen LogP contribution in [0.4, 0.5) is 0 Å². The Hall–Kier alpha value is -6.72. The maximum atomic E-state index is 6.66. The highest BCUT2D eigenvalue weighted by Gasteiger charge is 2.50. The van der Waals surface area contributed by atoms with E-state index in [9.17, 15) is 0 Å². The van der Waals surface area contributed by atoms with Gasteiger partial charge in [-0.25, -0.2) is 15.0 Å². The predicted molar refractivity (Wildman–Crippen MR) is 197 cm³/mol. The first-order valence-corrected chi connectivity index (χ1v) is 16.7. The van der Waals surface area contributed by atoms with Crippen LogP contribution in [0.3, 0.4) is 0 Å². The zero-order valence-corrected chi connectivity index (χ0v) is 26.9. The van der Waals surface area contributed by atoms with Crippen molar-refractivity contribution < 1.29 is 4.74 Å². The molecule has 0 unspecified atom stereocenters. The summed E-state index contributed by atoms with van der Waals surface area (Å²) in [5.74, 6) is 3.47. The van der Waals surface area contributed by atoms with Crippen molar-refractivity contribution in [2.45, 2.75) is 5.41 Å². The van der Waals surface area contributed by atoms with Gasteiger partial charge in [-0.1, -0.05) is 127 Å². The van der Waals surface area contributed by atoms with Crippen molar-refractivity contribution in [1.29, 1.82) is 0 Å². The molecule has 0 fully saturated rings. The lowest BCUT2D eigenvalue weighted by Gasteiger charge is -2.39. The summed E-state index contributed by atoms with van der Waals surface area (Å²) >= 11 is 0. The molecular formula is C45H28N4O. The molecule has 0 atom stereocenters. The van der Waals surface area contributed by atoms with Crippen molar-refractivity contribution in [2.75, 3.05) is 0 Å². The second kappa shape index (κ2) is 11.2. The number of benzene rings is 6. The maximum absolute atomic E-state index is 6.66. The minimum Gasteiger partial charge on any atom is -0.457 e. The highest BCUT2D eigenvalue weighted by atomic mass is 16.5. The summed E-state index contributed by atoms with van der Waals surface area (Å²) in [6.45, 7) is 0. The minimum atomic E-state index is -0.526. The van der Waals surface area contributed by atoms with E-state index >= 15 is 0 Å². The standard InChI is InChI=1S/C45H28N4O/c1-2-13-29(14-3-1)42-47-43(49-44(48-42)39-22-10-11-26-46-39)32-16-12-15-30(27-32)31-24-25-41-38(28-31)45(37-21-8-9-23-40(37)50-41)35-19-6-4-17-33(35)34-18-5-7-20-36(34)45/h1-28H. The van der Waals surface area contributed by atoms with Gasteiger partial charge in [0.15, 0.2) is 17.5 Å². The van der Waals surface area contributed by atoms with Gasteiger partial charge in [0.25, 0.3) is 0 Å². The van der Waals surface area contributed by atoms with E-state index < -0.39 is 5.41 Å². The fourth-order valence-electron chi connectivity index (χ4n) is 7.70. The normalized spacial score (nSPS) is 13.1. The molecule has 8 aromatic rings. The first-order chi connectivity index (χ1) is 24.8. The molecular weight excluding hydrogens is 613 g/mol. The lowest BCUT2D eigenvalue weighted by atomic mass is 9.66. The smallest absolute Gasteiger partial charge is 0.182 e. The number of hydrogen-bond donors (Lipinski definition) is 0. The Bertz CT molecular complexity index is 2480. The van der Waals surface area contributed by atoms with E-state index in [1.807, 2.05) is 54.6 Å². The van der Waals surface area contributed by atoms with Gasteiger partial charge in [-0.15, -0.1) is 0 Å². The van der Waals surface area contributed by atoms with Crippen molar-refractivity contribution >= 4 is 0 Å². The van der Waals surface area contributed by atoms with E-state index in [2.05, 4.69) is 114 Å². The molecule has 1 spiro atoms. The third-order valence-electron chi connectivity index (χ3n) is 9.86. The number of nitrogens with zero attached hydrogens (tertiary/aromatic N) is 4. The molecule has 5 nitrogen and oxygen atoms in total. The molecule has 6 aromatic carbocycles. The molecule has 3 heterocycles. The van der Waals surface area contributed by atoms with Crippen molar-refractivity contribution in [1.82, 2.24) is 19.9 Å². The predicted octanol–water partition coefficient (Wildman–Crippen LogP) is 10.4. The Balaban J connectivity index is 1.15. The van der Waals surface area contributed by atoms with Crippen LogP contribution in [0.25, 0.3) is 56.5 Å². The molecule has 5 heteroatoms. The fraction of sp³-hybridized carbons (Fsp3) is 0.0222. The molecule has 2 aliphatic rings.